The number of sulfonamides is 1. The van der Waals surface area contributed by atoms with Crippen LogP contribution in [0.25, 0.3) is 0 Å². The molecule has 0 atom stereocenters. The number of hydrogen-bond donors (Lipinski definition) is 1. The summed E-state index contributed by atoms with van der Waals surface area (Å²) in [7, 11) is -3.22. The highest BCUT2D eigenvalue weighted by molar-refractivity contribution is 7.89. The molecule has 1 fully saturated rings. The number of hydrogen-bond acceptors (Lipinski definition) is 3. The normalized spacial score (nSPS) is 22.5. The number of nitrogens with zero attached hydrogens (tertiary/aromatic N) is 1. The van der Waals surface area contributed by atoms with E-state index >= 15 is 0 Å². The van der Waals surface area contributed by atoms with Crippen LogP contribution in [0.15, 0.2) is 0 Å². The Morgan fingerprint density at radius 3 is 2.47 bits per heavy atom. The molecule has 1 rings (SSSR count). The zero-order chi connectivity index (χ0) is 11.7. The molecule has 0 aromatic rings. The maximum Gasteiger partial charge on any atom is 0.310 e. The number of carbonyl (C=O) groups is 1. The number of carboxylic acids is 1. The molecule has 0 radical (unpaired) electrons. The van der Waals surface area contributed by atoms with Crippen molar-refractivity contribution in [3.63, 3.8) is 0 Å². The van der Waals surface area contributed by atoms with E-state index in [4.69, 9.17) is 5.11 Å². The summed E-state index contributed by atoms with van der Waals surface area (Å²) in [6.45, 7) is 3.59. The summed E-state index contributed by atoms with van der Waals surface area (Å²) < 4.78 is 24.5. The number of rotatable bonds is 3. The van der Waals surface area contributed by atoms with Crippen LogP contribution in [0, 0.1) is 5.41 Å². The summed E-state index contributed by atoms with van der Waals surface area (Å²) in [5, 5.41) is 8.92. The minimum Gasteiger partial charge on any atom is -0.481 e. The largest absolute Gasteiger partial charge is 0.481 e. The number of carboxylic acid groups (broad SMARTS) is 1. The summed E-state index contributed by atoms with van der Waals surface area (Å²) in [5.74, 6) is -0.828. The summed E-state index contributed by atoms with van der Waals surface area (Å²) >= 11 is 0. The maximum atomic E-state index is 11.6. The van der Waals surface area contributed by atoms with Gasteiger partial charge in [-0.15, -0.1) is 0 Å². The molecule has 0 unspecified atom stereocenters. The van der Waals surface area contributed by atoms with Crippen molar-refractivity contribution in [2.24, 2.45) is 5.41 Å². The summed E-state index contributed by atoms with van der Waals surface area (Å²) in [5.41, 5.74) is -1.02. The van der Waals surface area contributed by atoms with Crippen molar-refractivity contribution in [1.82, 2.24) is 4.31 Å². The fraction of sp³-hybridized carbons (Fsp3) is 0.889. The van der Waals surface area contributed by atoms with Crippen LogP contribution < -0.4 is 0 Å². The minimum absolute atomic E-state index is 0.0602. The van der Waals surface area contributed by atoms with E-state index < -0.39 is 21.4 Å². The first-order chi connectivity index (χ1) is 6.76. The van der Waals surface area contributed by atoms with Crippen LogP contribution in [0.5, 0.6) is 0 Å². The molecule has 0 amide bonds. The first-order valence-electron chi connectivity index (χ1n) is 4.97. The van der Waals surface area contributed by atoms with Gasteiger partial charge < -0.3 is 5.11 Å². The van der Waals surface area contributed by atoms with Crippen molar-refractivity contribution in [3.8, 4) is 0 Å². The molecule has 1 aliphatic rings. The second kappa shape index (κ2) is 4.09. The van der Waals surface area contributed by atoms with Crippen molar-refractivity contribution in [2.45, 2.75) is 26.7 Å². The van der Waals surface area contributed by atoms with E-state index in [0.29, 0.717) is 13.0 Å². The highest BCUT2D eigenvalue weighted by Gasteiger charge is 2.35. The van der Waals surface area contributed by atoms with Crippen molar-refractivity contribution in [3.05, 3.63) is 0 Å². The summed E-state index contributed by atoms with van der Waals surface area (Å²) in [6, 6.07) is 0. The van der Waals surface area contributed by atoms with Crippen LogP contribution in [-0.2, 0) is 14.8 Å². The average molecular weight is 235 g/mol. The van der Waals surface area contributed by atoms with E-state index in [0.717, 1.165) is 6.42 Å². The lowest BCUT2D eigenvalue weighted by Crippen LogP contribution is -2.45. The molecule has 1 heterocycles. The quantitative estimate of drug-likeness (QED) is 0.774. The fourth-order valence-corrected chi connectivity index (χ4v) is 3.28. The Hall–Kier alpha value is -0.620. The van der Waals surface area contributed by atoms with Gasteiger partial charge in [-0.1, -0.05) is 0 Å². The lowest BCUT2D eigenvalue weighted by molar-refractivity contribution is -0.147. The molecule has 88 valence electrons. The predicted molar refractivity (Wildman–Crippen MR) is 56.0 cm³/mol. The molecule has 0 aromatic carbocycles. The molecule has 5 nitrogen and oxygen atoms in total. The summed E-state index contributed by atoms with van der Waals surface area (Å²) in [6.07, 6.45) is 1.49. The van der Waals surface area contributed by atoms with Crippen LogP contribution >= 0.6 is 0 Å². The van der Waals surface area contributed by atoms with Gasteiger partial charge in [-0.25, -0.2) is 12.7 Å². The second-order valence-electron chi connectivity index (χ2n) is 4.55. The van der Waals surface area contributed by atoms with Crippen LogP contribution in [0.2, 0.25) is 0 Å². The van der Waals surface area contributed by atoms with Crippen LogP contribution in [-0.4, -0.2) is 42.6 Å². The third kappa shape index (κ3) is 2.92. The molecule has 0 saturated carbocycles. The molecule has 0 bridgehead atoms. The van der Waals surface area contributed by atoms with Crippen molar-refractivity contribution < 1.29 is 18.3 Å². The smallest absolute Gasteiger partial charge is 0.310 e. The Kier molecular flexibility index (Phi) is 3.40. The van der Waals surface area contributed by atoms with E-state index in [2.05, 4.69) is 0 Å². The predicted octanol–water partition coefficient (Wildman–Crippen LogP) is 0.523. The molecular weight excluding hydrogens is 218 g/mol. The van der Waals surface area contributed by atoms with E-state index in [1.807, 2.05) is 0 Å². The SMILES string of the molecule is CC(C)(CN1CCCCS1(=O)=O)C(=O)O. The molecule has 1 aliphatic heterocycles. The van der Waals surface area contributed by atoms with Gasteiger partial charge in [0.25, 0.3) is 0 Å². The zero-order valence-electron chi connectivity index (χ0n) is 9.06. The van der Waals surface area contributed by atoms with Crippen LogP contribution in [0.3, 0.4) is 0 Å². The maximum absolute atomic E-state index is 11.6. The van der Waals surface area contributed by atoms with Gasteiger partial charge in [0.05, 0.1) is 11.2 Å². The summed E-state index contributed by atoms with van der Waals surface area (Å²) in [4.78, 5) is 10.9. The standard InChI is InChI=1S/C9H17NO4S/c1-9(2,8(11)12)7-10-5-3-4-6-15(10,13)14/h3-7H2,1-2H3,(H,11,12). The van der Waals surface area contributed by atoms with Gasteiger partial charge in [-0.3, -0.25) is 4.79 Å². The minimum atomic E-state index is -3.22. The van der Waals surface area contributed by atoms with Gasteiger partial charge in [0.1, 0.15) is 0 Å². The lowest BCUT2D eigenvalue weighted by Gasteiger charge is -2.31. The van der Waals surface area contributed by atoms with Crippen LogP contribution in [0.1, 0.15) is 26.7 Å². The molecule has 0 spiro atoms. The number of aliphatic carboxylic acids is 1. The Bertz CT molecular complexity index is 347. The molecule has 1 N–H and O–H groups in total. The van der Waals surface area contributed by atoms with Crippen molar-refractivity contribution in [2.75, 3.05) is 18.8 Å². The van der Waals surface area contributed by atoms with E-state index in [1.165, 1.54) is 4.31 Å². The van der Waals surface area contributed by atoms with Crippen molar-refractivity contribution >= 4 is 16.0 Å². The fourth-order valence-electron chi connectivity index (χ4n) is 1.53. The van der Waals surface area contributed by atoms with E-state index in [9.17, 15) is 13.2 Å². The molecule has 15 heavy (non-hydrogen) atoms. The van der Waals surface area contributed by atoms with E-state index in [1.54, 1.807) is 13.8 Å². The average Bonchev–Trinajstić information content (AvgIpc) is 2.08. The van der Waals surface area contributed by atoms with Gasteiger partial charge in [-0.2, -0.15) is 0 Å². The topological polar surface area (TPSA) is 74.7 Å². The van der Waals surface area contributed by atoms with E-state index in [-0.39, 0.29) is 12.3 Å². The third-order valence-corrected chi connectivity index (χ3v) is 4.51. The first kappa shape index (κ1) is 12.4. The Morgan fingerprint density at radius 1 is 1.40 bits per heavy atom. The van der Waals surface area contributed by atoms with Crippen molar-refractivity contribution in [1.29, 1.82) is 0 Å². The Labute approximate surface area is 90.1 Å². The Morgan fingerprint density at radius 2 is 2.00 bits per heavy atom. The van der Waals surface area contributed by atoms with Crippen LogP contribution in [0.4, 0.5) is 0 Å². The molecule has 0 aromatic heterocycles. The monoisotopic (exact) mass is 235 g/mol. The van der Waals surface area contributed by atoms with Gasteiger partial charge in [-0.05, 0) is 26.7 Å². The Balaban J connectivity index is 2.77. The highest BCUT2D eigenvalue weighted by atomic mass is 32.2. The van der Waals surface area contributed by atoms with Gasteiger partial charge in [0.2, 0.25) is 10.0 Å². The highest BCUT2D eigenvalue weighted by Crippen LogP contribution is 2.22. The molecule has 6 heteroatoms. The molecule has 1 saturated heterocycles. The third-order valence-electron chi connectivity index (χ3n) is 2.60. The first-order valence-corrected chi connectivity index (χ1v) is 6.58. The molecular formula is C9H17NO4S. The van der Waals surface area contributed by atoms with Gasteiger partial charge >= 0.3 is 5.97 Å². The zero-order valence-corrected chi connectivity index (χ0v) is 9.88. The molecule has 0 aliphatic carbocycles. The van der Waals surface area contributed by atoms with Gasteiger partial charge in [0.15, 0.2) is 0 Å². The van der Waals surface area contributed by atoms with Gasteiger partial charge in [0, 0.05) is 13.1 Å². The second-order valence-corrected chi connectivity index (χ2v) is 6.63. The lowest BCUT2D eigenvalue weighted by atomic mass is 9.94.